The summed E-state index contributed by atoms with van der Waals surface area (Å²) in [4.78, 5) is 31.2. The molecule has 0 fully saturated rings. The van der Waals surface area contributed by atoms with Gasteiger partial charge in [0, 0.05) is 22.6 Å². The number of rotatable bonds is 6. The Kier molecular flexibility index (Phi) is 5.67. The van der Waals surface area contributed by atoms with E-state index >= 15 is 0 Å². The molecule has 0 unspecified atom stereocenters. The number of carbonyl (C=O) groups is 1. The monoisotopic (exact) mass is 419 g/mol. The highest BCUT2D eigenvalue weighted by Crippen LogP contribution is 2.37. The van der Waals surface area contributed by atoms with E-state index in [0.29, 0.717) is 24.1 Å². The summed E-state index contributed by atoms with van der Waals surface area (Å²) in [5.74, 6) is -0.631. The molecule has 0 aliphatic carbocycles. The topological polar surface area (TPSA) is 84.2 Å². The third-order valence-electron chi connectivity index (χ3n) is 6.15. The fraction of sp³-hybridized carbons (Fsp3) is 0.400. The van der Waals surface area contributed by atoms with Crippen LogP contribution >= 0.6 is 0 Å². The number of hydrogen-bond donors (Lipinski definition) is 2. The molecule has 162 valence electrons. The molecule has 3 heterocycles. The Morgan fingerprint density at radius 3 is 2.61 bits per heavy atom. The van der Waals surface area contributed by atoms with Crippen LogP contribution in [-0.2, 0) is 24.4 Å². The lowest BCUT2D eigenvalue weighted by Crippen LogP contribution is -2.36. The summed E-state index contributed by atoms with van der Waals surface area (Å²) in [7, 11) is 0. The molecule has 1 aromatic carbocycles. The van der Waals surface area contributed by atoms with Gasteiger partial charge in [-0.2, -0.15) is 0 Å². The number of benzene rings is 1. The van der Waals surface area contributed by atoms with Crippen LogP contribution in [0.5, 0.6) is 0 Å². The summed E-state index contributed by atoms with van der Waals surface area (Å²) >= 11 is 0. The van der Waals surface area contributed by atoms with Crippen molar-refractivity contribution in [2.75, 3.05) is 0 Å². The number of aromatic nitrogens is 2. The molecule has 0 saturated carbocycles. The summed E-state index contributed by atoms with van der Waals surface area (Å²) in [6.07, 6.45) is 1.37. The van der Waals surface area contributed by atoms with Crippen LogP contribution in [0.1, 0.15) is 62.3 Å². The highest BCUT2D eigenvalue weighted by Gasteiger charge is 2.31. The Morgan fingerprint density at radius 2 is 1.97 bits per heavy atom. The molecule has 4 rings (SSSR count). The number of fused-ring (bicyclic) bond motifs is 4. The van der Waals surface area contributed by atoms with E-state index in [4.69, 9.17) is 4.98 Å². The number of pyridine rings is 2. The van der Waals surface area contributed by atoms with Crippen molar-refractivity contribution >= 4 is 16.8 Å². The Hall–Kier alpha value is -2.99. The predicted octanol–water partition coefficient (Wildman–Crippen LogP) is 3.50. The van der Waals surface area contributed by atoms with Crippen molar-refractivity contribution < 1.29 is 9.90 Å². The average Bonchev–Trinajstić information content (AvgIpc) is 3.11. The predicted molar refractivity (Wildman–Crippen MR) is 122 cm³/mol. The number of aryl methyl sites for hydroxylation is 1. The Morgan fingerprint density at radius 1 is 1.23 bits per heavy atom. The summed E-state index contributed by atoms with van der Waals surface area (Å²) in [6, 6.07) is 9.92. The number of para-hydroxylation sites is 1. The van der Waals surface area contributed by atoms with E-state index in [1.54, 1.807) is 4.57 Å². The van der Waals surface area contributed by atoms with Crippen LogP contribution in [0, 0.1) is 0 Å². The van der Waals surface area contributed by atoms with Crippen molar-refractivity contribution in [2.24, 2.45) is 0 Å². The van der Waals surface area contributed by atoms with Gasteiger partial charge in [0.05, 0.1) is 36.0 Å². The number of amides is 1. The molecular formula is C25H29N3O3. The zero-order valence-electron chi connectivity index (χ0n) is 18.5. The standard InChI is InChI=1S/C25H29N3O3/c1-5-15-17-9-7-8-10-21(17)27-23-19(15)12-28-22(23)11-18(20(13-29)25(28)31)16(6-2)24(30)26-14(3)4/h7-11,14,16,29H,5-6,12-13H2,1-4H3,(H,26,30)/t16-/m1/s1. The van der Waals surface area contributed by atoms with E-state index in [2.05, 4.69) is 18.3 Å². The lowest BCUT2D eigenvalue weighted by atomic mass is 9.91. The minimum Gasteiger partial charge on any atom is -0.391 e. The van der Waals surface area contributed by atoms with Crippen LogP contribution in [-0.4, -0.2) is 26.6 Å². The van der Waals surface area contributed by atoms with Gasteiger partial charge in [0.15, 0.2) is 0 Å². The molecule has 31 heavy (non-hydrogen) atoms. The van der Waals surface area contributed by atoms with Crippen LogP contribution < -0.4 is 10.9 Å². The molecule has 0 saturated heterocycles. The smallest absolute Gasteiger partial charge is 0.257 e. The highest BCUT2D eigenvalue weighted by atomic mass is 16.3. The van der Waals surface area contributed by atoms with E-state index in [0.717, 1.165) is 34.3 Å². The van der Waals surface area contributed by atoms with Crippen LogP contribution in [0.25, 0.3) is 22.3 Å². The van der Waals surface area contributed by atoms with E-state index in [1.165, 1.54) is 5.56 Å². The summed E-state index contributed by atoms with van der Waals surface area (Å²) in [5.41, 5.74) is 5.33. The van der Waals surface area contributed by atoms with Gasteiger partial charge in [0.2, 0.25) is 5.91 Å². The van der Waals surface area contributed by atoms with Crippen LogP contribution in [0.4, 0.5) is 0 Å². The van der Waals surface area contributed by atoms with Gasteiger partial charge in [0.25, 0.3) is 5.56 Å². The van der Waals surface area contributed by atoms with E-state index in [1.807, 2.05) is 45.0 Å². The maximum absolute atomic E-state index is 13.4. The molecule has 6 nitrogen and oxygen atoms in total. The quantitative estimate of drug-likeness (QED) is 0.501. The van der Waals surface area contributed by atoms with Crippen molar-refractivity contribution in [3.8, 4) is 11.4 Å². The molecule has 6 heteroatoms. The second kappa shape index (κ2) is 8.27. The highest BCUT2D eigenvalue weighted by molar-refractivity contribution is 5.89. The average molecular weight is 420 g/mol. The SMILES string of the molecule is CCc1c2c(nc3ccccc13)-c1cc([C@@H](CC)C(=O)NC(C)C)c(CO)c(=O)n1C2. The van der Waals surface area contributed by atoms with Gasteiger partial charge in [0.1, 0.15) is 0 Å². The van der Waals surface area contributed by atoms with Crippen molar-refractivity contribution in [3.05, 3.63) is 62.9 Å². The van der Waals surface area contributed by atoms with Gasteiger partial charge in [-0.25, -0.2) is 4.98 Å². The summed E-state index contributed by atoms with van der Waals surface area (Å²) in [5, 5.41) is 14.1. The van der Waals surface area contributed by atoms with Gasteiger partial charge in [-0.05, 0) is 49.9 Å². The van der Waals surface area contributed by atoms with Crippen molar-refractivity contribution in [3.63, 3.8) is 0 Å². The molecule has 0 radical (unpaired) electrons. The first-order chi connectivity index (χ1) is 14.9. The van der Waals surface area contributed by atoms with Gasteiger partial charge in [-0.1, -0.05) is 32.0 Å². The lowest BCUT2D eigenvalue weighted by molar-refractivity contribution is -0.123. The lowest BCUT2D eigenvalue weighted by Gasteiger charge is -2.21. The van der Waals surface area contributed by atoms with Crippen molar-refractivity contribution in [1.29, 1.82) is 0 Å². The number of aliphatic hydroxyl groups is 1. The van der Waals surface area contributed by atoms with Crippen LogP contribution in [0.3, 0.4) is 0 Å². The number of nitrogens with zero attached hydrogens (tertiary/aromatic N) is 2. The van der Waals surface area contributed by atoms with Gasteiger partial charge in [-0.15, -0.1) is 0 Å². The largest absolute Gasteiger partial charge is 0.391 e. The Balaban J connectivity index is 1.96. The summed E-state index contributed by atoms with van der Waals surface area (Å²) in [6.45, 7) is 7.89. The Bertz CT molecular complexity index is 1230. The first kappa shape index (κ1) is 21.2. The van der Waals surface area contributed by atoms with Gasteiger partial charge < -0.3 is 15.0 Å². The number of carbonyl (C=O) groups excluding carboxylic acids is 1. The zero-order chi connectivity index (χ0) is 22.3. The van der Waals surface area contributed by atoms with Crippen LogP contribution in [0.2, 0.25) is 0 Å². The maximum Gasteiger partial charge on any atom is 0.257 e. The fourth-order valence-corrected chi connectivity index (χ4v) is 4.73. The first-order valence-corrected chi connectivity index (χ1v) is 11.0. The third-order valence-corrected chi connectivity index (χ3v) is 6.15. The third kappa shape index (κ3) is 3.45. The zero-order valence-corrected chi connectivity index (χ0v) is 18.5. The molecular weight excluding hydrogens is 390 g/mol. The number of aliphatic hydroxyl groups excluding tert-OH is 1. The van der Waals surface area contributed by atoms with E-state index in [9.17, 15) is 14.7 Å². The van der Waals surface area contributed by atoms with Crippen molar-refractivity contribution in [2.45, 2.75) is 65.6 Å². The normalized spacial score (nSPS) is 13.4. The Labute approximate surface area is 181 Å². The molecule has 2 N–H and O–H groups in total. The molecule has 0 bridgehead atoms. The molecule has 0 spiro atoms. The van der Waals surface area contributed by atoms with E-state index in [-0.39, 0.29) is 17.5 Å². The molecule has 1 amide bonds. The molecule has 3 aromatic rings. The van der Waals surface area contributed by atoms with Gasteiger partial charge >= 0.3 is 0 Å². The van der Waals surface area contributed by atoms with Crippen LogP contribution in [0.15, 0.2) is 35.1 Å². The second-order valence-corrected chi connectivity index (χ2v) is 8.43. The van der Waals surface area contributed by atoms with Gasteiger partial charge in [-0.3, -0.25) is 9.59 Å². The number of hydrogen-bond acceptors (Lipinski definition) is 4. The van der Waals surface area contributed by atoms with Crippen molar-refractivity contribution in [1.82, 2.24) is 14.9 Å². The maximum atomic E-state index is 13.4. The number of nitrogens with one attached hydrogen (secondary N) is 1. The molecule has 1 atom stereocenters. The summed E-state index contributed by atoms with van der Waals surface area (Å²) < 4.78 is 1.69. The second-order valence-electron chi connectivity index (χ2n) is 8.43. The molecule has 1 aliphatic rings. The van der Waals surface area contributed by atoms with E-state index < -0.39 is 12.5 Å². The minimum absolute atomic E-state index is 0.00415. The first-order valence-electron chi connectivity index (χ1n) is 11.0. The molecule has 1 aliphatic heterocycles. The fourth-order valence-electron chi connectivity index (χ4n) is 4.73. The molecule has 2 aromatic heterocycles. The minimum atomic E-state index is -0.502.